The fourth-order valence-electron chi connectivity index (χ4n) is 7.80. The number of aliphatic hydroxyl groups is 1. The van der Waals surface area contributed by atoms with Gasteiger partial charge in [0.2, 0.25) is 0 Å². The molecule has 120 valence electrons. The normalized spacial score (nSPS) is 59.1. The third-order valence-electron chi connectivity index (χ3n) is 8.77. The third-order valence-corrected chi connectivity index (χ3v) is 8.77. The van der Waals surface area contributed by atoms with Gasteiger partial charge in [0.15, 0.2) is 0 Å². The fraction of sp³-hybridized carbons (Fsp3) is 0.850. The molecular weight excluding hydrogens is 270 g/mol. The summed E-state index contributed by atoms with van der Waals surface area (Å²) in [7, 11) is 0. The third kappa shape index (κ3) is 1.36. The molecule has 0 radical (unpaired) electrons. The maximum Gasteiger partial charge on any atom is 0.0809 e. The number of aliphatic hydroxyl groups excluding tert-OH is 1. The summed E-state index contributed by atoms with van der Waals surface area (Å²) in [5, 5.41) is 11.1. The van der Waals surface area contributed by atoms with Gasteiger partial charge in [-0.25, -0.2) is 0 Å². The van der Waals surface area contributed by atoms with Crippen molar-refractivity contribution in [2.75, 3.05) is 6.54 Å². The predicted octanol–water partition coefficient (Wildman–Crippen LogP) is 3.99. The minimum atomic E-state index is -0.246. The molecule has 4 bridgehead atoms. The number of nitrogens with zero attached hydrogens (tertiary/aromatic N) is 1. The molecule has 5 unspecified atom stereocenters. The molecule has 7 atom stereocenters. The molecule has 0 saturated heterocycles. The standard InChI is InChI=1S/C20H29NO/c1-13-14-4-8-19(17(13)22)9-5-15-18(2)6-3-7-20(15,12-21-11-18)16(19)10-14/h12,14-17,22H,1,3-11H2,2H3/t14?,15-,16?,17?,18?,19+,20?/m1/s1. The molecule has 2 heteroatoms. The van der Waals surface area contributed by atoms with Crippen molar-refractivity contribution in [3.8, 4) is 0 Å². The van der Waals surface area contributed by atoms with E-state index in [0.29, 0.717) is 22.7 Å². The number of hydrogen-bond acceptors (Lipinski definition) is 2. The first-order chi connectivity index (χ1) is 10.5. The first-order valence-corrected chi connectivity index (χ1v) is 9.40. The minimum Gasteiger partial charge on any atom is -0.388 e. The quantitative estimate of drug-likeness (QED) is 0.674. The largest absolute Gasteiger partial charge is 0.388 e. The van der Waals surface area contributed by atoms with Gasteiger partial charge in [-0.2, -0.15) is 0 Å². The van der Waals surface area contributed by atoms with Crippen molar-refractivity contribution < 1.29 is 5.11 Å². The van der Waals surface area contributed by atoms with Crippen LogP contribution in [0.4, 0.5) is 0 Å². The van der Waals surface area contributed by atoms with E-state index < -0.39 is 0 Å². The van der Waals surface area contributed by atoms with Gasteiger partial charge in [-0.15, -0.1) is 0 Å². The highest BCUT2D eigenvalue weighted by molar-refractivity contribution is 5.70. The van der Waals surface area contributed by atoms with Gasteiger partial charge >= 0.3 is 0 Å². The average Bonchev–Trinajstić information content (AvgIpc) is 2.50. The van der Waals surface area contributed by atoms with Crippen molar-refractivity contribution in [3.05, 3.63) is 12.2 Å². The molecule has 22 heavy (non-hydrogen) atoms. The summed E-state index contributed by atoms with van der Waals surface area (Å²) in [5.41, 5.74) is 2.00. The van der Waals surface area contributed by atoms with E-state index in [0.717, 1.165) is 18.0 Å². The number of fused-ring (bicyclic) bond motifs is 2. The van der Waals surface area contributed by atoms with Crippen LogP contribution in [0.2, 0.25) is 0 Å². The van der Waals surface area contributed by atoms with Crippen molar-refractivity contribution >= 4 is 6.21 Å². The number of hydrogen-bond donors (Lipinski definition) is 1. The summed E-state index contributed by atoms with van der Waals surface area (Å²) in [6, 6.07) is 0. The highest BCUT2D eigenvalue weighted by Crippen LogP contribution is 2.72. The lowest BCUT2D eigenvalue weighted by atomic mass is 9.35. The average molecular weight is 299 g/mol. The van der Waals surface area contributed by atoms with Crippen LogP contribution in [0.15, 0.2) is 17.1 Å². The molecule has 0 amide bonds. The summed E-state index contributed by atoms with van der Waals surface area (Å²) < 4.78 is 0. The molecule has 5 fully saturated rings. The van der Waals surface area contributed by atoms with Crippen molar-refractivity contribution in [1.82, 2.24) is 0 Å². The Morgan fingerprint density at radius 1 is 1.18 bits per heavy atom. The van der Waals surface area contributed by atoms with E-state index >= 15 is 0 Å². The van der Waals surface area contributed by atoms with Gasteiger partial charge in [-0.05, 0) is 73.7 Å². The molecule has 1 spiro atoms. The monoisotopic (exact) mass is 299 g/mol. The molecule has 5 aliphatic carbocycles. The molecule has 0 aromatic carbocycles. The first-order valence-electron chi connectivity index (χ1n) is 9.40. The number of aliphatic imine (C=N–C) groups is 1. The zero-order valence-electron chi connectivity index (χ0n) is 13.9. The van der Waals surface area contributed by atoms with E-state index in [-0.39, 0.29) is 11.5 Å². The van der Waals surface area contributed by atoms with Gasteiger partial charge in [0, 0.05) is 23.6 Å². The van der Waals surface area contributed by atoms with Gasteiger partial charge in [-0.3, -0.25) is 4.99 Å². The Labute approximate surface area is 134 Å². The lowest BCUT2D eigenvalue weighted by Gasteiger charge is -2.70. The van der Waals surface area contributed by atoms with Crippen LogP contribution >= 0.6 is 0 Å². The topological polar surface area (TPSA) is 32.6 Å². The molecule has 6 rings (SSSR count). The summed E-state index contributed by atoms with van der Waals surface area (Å²) in [4.78, 5) is 4.89. The smallest absolute Gasteiger partial charge is 0.0809 e. The van der Waals surface area contributed by atoms with E-state index in [9.17, 15) is 5.11 Å². The summed E-state index contributed by atoms with van der Waals surface area (Å²) >= 11 is 0. The van der Waals surface area contributed by atoms with Crippen LogP contribution in [0.1, 0.15) is 58.3 Å². The van der Waals surface area contributed by atoms with Gasteiger partial charge in [0.1, 0.15) is 0 Å². The minimum absolute atomic E-state index is 0.129. The van der Waals surface area contributed by atoms with Crippen molar-refractivity contribution in [2.24, 2.45) is 39.0 Å². The summed E-state index contributed by atoms with van der Waals surface area (Å²) in [6.07, 6.45) is 12.5. The highest BCUT2D eigenvalue weighted by Gasteiger charge is 2.68. The zero-order valence-corrected chi connectivity index (χ0v) is 13.9. The molecule has 0 aromatic heterocycles. The van der Waals surface area contributed by atoms with Crippen molar-refractivity contribution in [1.29, 1.82) is 0 Å². The maximum atomic E-state index is 11.1. The molecule has 0 aromatic rings. The fourth-order valence-corrected chi connectivity index (χ4v) is 7.80. The Kier molecular flexibility index (Phi) is 2.54. The van der Waals surface area contributed by atoms with Gasteiger partial charge in [-0.1, -0.05) is 19.9 Å². The summed E-state index contributed by atoms with van der Waals surface area (Å²) in [5.74, 6) is 2.03. The second-order valence-electron chi connectivity index (χ2n) is 9.42. The van der Waals surface area contributed by atoms with Gasteiger partial charge < -0.3 is 5.11 Å². The SMILES string of the molecule is C=C1C2CC[C@@]3(CC[C@@H]4C5(C)CCCC4(C=NC5)C3C2)C1O. The Morgan fingerprint density at radius 2 is 2.00 bits per heavy atom. The predicted molar refractivity (Wildman–Crippen MR) is 88.9 cm³/mol. The van der Waals surface area contributed by atoms with Gasteiger partial charge in [0.05, 0.1) is 6.10 Å². The van der Waals surface area contributed by atoms with Crippen LogP contribution in [0.25, 0.3) is 0 Å². The Bertz CT molecular complexity index is 568. The Balaban J connectivity index is 1.66. The summed E-state index contributed by atoms with van der Waals surface area (Å²) in [6.45, 7) is 7.81. The van der Waals surface area contributed by atoms with E-state index in [1.54, 1.807) is 0 Å². The Morgan fingerprint density at radius 3 is 2.86 bits per heavy atom. The second-order valence-corrected chi connectivity index (χ2v) is 9.42. The van der Waals surface area contributed by atoms with E-state index in [1.165, 1.54) is 51.4 Å². The Hall–Kier alpha value is -0.630. The van der Waals surface area contributed by atoms with Crippen LogP contribution < -0.4 is 0 Å². The number of rotatable bonds is 0. The molecule has 5 saturated carbocycles. The lowest BCUT2D eigenvalue weighted by Crippen LogP contribution is -2.66. The van der Waals surface area contributed by atoms with Crippen molar-refractivity contribution in [3.63, 3.8) is 0 Å². The molecule has 1 N–H and O–H groups in total. The van der Waals surface area contributed by atoms with Gasteiger partial charge in [0.25, 0.3) is 0 Å². The molecule has 1 heterocycles. The molecule has 1 aliphatic heterocycles. The van der Waals surface area contributed by atoms with E-state index in [2.05, 4.69) is 19.7 Å². The van der Waals surface area contributed by atoms with E-state index in [1.807, 2.05) is 0 Å². The van der Waals surface area contributed by atoms with Crippen LogP contribution in [0.3, 0.4) is 0 Å². The van der Waals surface area contributed by atoms with Crippen LogP contribution in [-0.2, 0) is 0 Å². The molecule has 2 nitrogen and oxygen atoms in total. The maximum absolute atomic E-state index is 11.1. The van der Waals surface area contributed by atoms with Crippen LogP contribution in [-0.4, -0.2) is 24.0 Å². The highest BCUT2D eigenvalue weighted by atomic mass is 16.3. The zero-order chi connectivity index (χ0) is 15.2. The van der Waals surface area contributed by atoms with E-state index in [4.69, 9.17) is 4.99 Å². The van der Waals surface area contributed by atoms with Crippen LogP contribution in [0, 0.1) is 34.0 Å². The second kappa shape index (κ2) is 4.06. The molecule has 6 aliphatic rings. The molecular formula is C20H29NO. The lowest BCUT2D eigenvalue weighted by molar-refractivity contribution is -0.185. The van der Waals surface area contributed by atoms with Crippen molar-refractivity contribution in [2.45, 2.75) is 64.4 Å². The van der Waals surface area contributed by atoms with Crippen LogP contribution in [0.5, 0.6) is 0 Å². The first kappa shape index (κ1) is 13.8.